The quantitative estimate of drug-likeness (QED) is 0.835. The Morgan fingerprint density at radius 3 is 2.43 bits per heavy atom. The van der Waals surface area contributed by atoms with Crippen molar-refractivity contribution in [3.63, 3.8) is 0 Å². The van der Waals surface area contributed by atoms with Crippen molar-refractivity contribution >= 4 is 34.2 Å². The number of rotatable bonds is 3. The zero-order chi connectivity index (χ0) is 15.7. The Hall–Kier alpha value is -0.580. The Morgan fingerprint density at radius 2 is 1.91 bits per heavy atom. The van der Waals surface area contributed by atoms with Gasteiger partial charge in [0.15, 0.2) is 0 Å². The van der Waals surface area contributed by atoms with Crippen molar-refractivity contribution in [3.05, 3.63) is 34.3 Å². The van der Waals surface area contributed by atoms with E-state index in [4.69, 9.17) is 5.73 Å². The molecule has 1 aromatic rings. The predicted molar refractivity (Wildman–Crippen MR) is 99.9 cm³/mol. The lowest BCUT2D eigenvalue weighted by molar-refractivity contribution is -0.138. The maximum Gasteiger partial charge on any atom is 0.233 e. The fraction of sp³-hybridized carbons (Fsp3) is 0.611. The Bertz CT molecular complexity index is 542. The molecule has 2 aliphatic rings. The van der Waals surface area contributed by atoms with Gasteiger partial charge in [0.1, 0.15) is 0 Å². The summed E-state index contributed by atoms with van der Waals surface area (Å²) in [6.45, 7) is 3.67. The van der Waals surface area contributed by atoms with Gasteiger partial charge in [-0.1, -0.05) is 40.9 Å². The van der Waals surface area contributed by atoms with Crippen LogP contribution in [0, 0.1) is 5.92 Å². The lowest BCUT2D eigenvalue weighted by Crippen LogP contribution is -2.47. The standard InChI is InChI=1S/C18H25BrN2O.ClH/c1-13-10-14(11-20)12-21(13)17(22)18(8-2-3-9-18)15-4-6-16(19)7-5-15;/h4-7,13-14H,2-3,8-12,20H2,1H3;1H. The van der Waals surface area contributed by atoms with Crippen LogP contribution in [0.3, 0.4) is 0 Å². The summed E-state index contributed by atoms with van der Waals surface area (Å²) in [4.78, 5) is 15.5. The Morgan fingerprint density at radius 1 is 1.30 bits per heavy atom. The topological polar surface area (TPSA) is 46.3 Å². The minimum atomic E-state index is -0.307. The number of carbonyl (C=O) groups excluding carboxylic acids is 1. The van der Waals surface area contributed by atoms with Gasteiger partial charge < -0.3 is 10.6 Å². The van der Waals surface area contributed by atoms with Crippen molar-refractivity contribution in [2.75, 3.05) is 13.1 Å². The number of hydrogen-bond acceptors (Lipinski definition) is 2. The molecule has 1 amide bonds. The number of amides is 1. The first kappa shape index (κ1) is 18.8. The van der Waals surface area contributed by atoms with E-state index in [0.717, 1.165) is 43.1 Å². The highest BCUT2D eigenvalue weighted by molar-refractivity contribution is 9.10. The zero-order valence-corrected chi connectivity index (χ0v) is 16.0. The van der Waals surface area contributed by atoms with Crippen molar-refractivity contribution in [2.24, 2.45) is 11.7 Å². The van der Waals surface area contributed by atoms with Crippen molar-refractivity contribution in [1.82, 2.24) is 4.90 Å². The first-order valence-corrected chi connectivity index (χ1v) is 9.13. The van der Waals surface area contributed by atoms with Gasteiger partial charge in [0.2, 0.25) is 5.91 Å². The van der Waals surface area contributed by atoms with Crippen LogP contribution in [0.25, 0.3) is 0 Å². The summed E-state index contributed by atoms with van der Waals surface area (Å²) in [5.41, 5.74) is 6.70. The van der Waals surface area contributed by atoms with Crippen molar-refractivity contribution < 1.29 is 4.79 Å². The first-order chi connectivity index (χ1) is 10.6. The molecule has 0 bridgehead atoms. The van der Waals surface area contributed by atoms with E-state index in [1.54, 1.807) is 0 Å². The van der Waals surface area contributed by atoms with Crippen LogP contribution in [-0.4, -0.2) is 29.9 Å². The van der Waals surface area contributed by atoms with Gasteiger partial charge >= 0.3 is 0 Å². The maximum atomic E-state index is 13.4. The Kier molecular flexibility index (Phi) is 6.15. The molecule has 1 saturated carbocycles. The van der Waals surface area contributed by atoms with E-state index in [0.29, 0.717) is 24.4 Å². The lowest BCUT2D eigenvalue weighted by atomic mass is 9.77. The van der Waals surface area contributed by atoms with E-state index in [1.807, 2.05) is 0 Å². The molecule has 1 saturated heterocycles. The predicted octanol–water partition coefficient (Wildman–Crippen LogP) is 3.88. The van der Waals surface area contributed by atoms with Gasteiger partial charge in [-0.25, -0.2) is 0 Å². The lowest BCUT2D eigenvalue weighted by Gasteiger charge is -2.35. The molecule has 3 nitrogen and oxygen atoms in total. The van der Waals surface area contributed by atoms with E-state index in [9.17, 15) is 4.79 Å². The van der Waals surface area contributed by atoms with Crippen molar-refractivity contribution in [3.8, 4) is 0 Å². The van der Waals surface area contributed by atoms with Crippen LogP contribution in [0.4, 0.5) is 0 Å². The van der Waals surface area contributed by atoms with E-state index >= 15 is 0 Å². The first-order valence-electron chi connectivity index (χ1n) is 8.34. The van der Waals surface area contributed by atoms with Gasteiger partial charge in [0, 0.05) is 17.1 Å². The molecule has 0 spiro atoms. The largest absolute Gasteiger partial charge is 0.339 e. The average molecular weight is 402 g/mol. The molecular weight excluding hydrogens is 376 g/mol. The smallest absolute Gasteiger partial charge is 0.233 e. The number of nitrogens with zero attached hydrogens (tertiary/aromatic N) is 1. The molecule has 3 rings (SSSR count). The summed E-state index contributed by atoms with van der Waals surface area (Å²) in [7, 11) is 0. The molecular formula is C18H26BrClN2O. The molecule has 1 heterocycles. The van der Waals surface area contributed by atoms with Gasteiger partial charge in [-0.05, 0) is 56.3 Å². The number of likely N-dealkylation sites (tertiary alicyclic amines) is 1. The van der Waals surface area contributed by atoms with E-state index < -0.39 is 0 Å². The highest BCUT2D eigenvalue weighted by Gasteiger charge is 2.47. The van der Waals surface area contributed by atoms with Gasteiger partial charge in [0.05, 0.1) is 5.41 Å². The number of halogens is 2. The van der Waals surface area contributed by atoms with E-state index in [1.165, 1.54) is 5.56 Å². The maximum absolute atomic E-state index is 13.4. The molecule has 2 N–H and O–H groups in total. The van der Waals surface area contributed by atoms with Gasteiger partial charge in [-0.3, -0.25) is 4.79 Å². The van der Waals surface area contributed by atoms with Crippen LogP contribution in [0.2, 0.25) is 0 Å². The minimum Gasteiger partial charge on any atom is -0.339 e. The molecule has 2 atom stereocenters. The van der Waals surface area contributed by atoms with Gasteiger partial charge in [0.25, 0.3) is 0 Å². The van der Waals surface area contributed by atoms with Crippen LogP contribution >= 0.6 is 28.3 Å². The van der Waals surface area contributed by atoms with E-state index in [2.05, 4.69) is 52.0 Å². The Balaban J connectivity index is 0.00000192. The van der Waals surface area contributed by atoms with Gasteiger partial charge in [-0.2, -0.15) is 0 Å². The van der Waals surface area contributed by atoms with Crippen LogP contribution in [0.5, 0.6) is 0 Å². The van der Waals surface area contributed by atoms with Crippen molar-refractivity contribution in [2.45, 2.75) is 50.5 Å². The van der Waals surface area contributed by atoms with Crippen LogP contribution in [-0.2, 0) is 10.2 Å². The zero-order valence-electron chi connectivity index (χ0n) is 13.6. The second kappa shape index (κ2) is 7.54. The molecule has 2 fully saturated rings. The highest BCUT2D eigenvalue weighted by atomic mass is 79.9. The summed E-state index contributed by atoms with van der Waals surface area (Å²) < 4.78 is 1.06. The van der Waals surface area contributed by atoms with E-state index in [-0.39, 0.29) is 17.8 Å². The van der Waals surface area contributed by atoms with Gasteiger partial charge in [-0.15, -0.1) is 12.4 Å². The van der Waals surface area contributed by atoms with Crippen LogP contribution in [0.15, 0.2) is 28.7 Å². The summed E-state index contributed by atoms with van der Waals surface area (Å²) in [5, 5.41) is 0. The fourth-order valence-electron chi connectivity index (χ4n) is 4.24. The molecule has 2 unspecified atom stereocenters. The summed E-state index contributed by atoms with van der Waals surface area (Å²) >= 11 is 3.49. The molecule has 0 radical (unpaired) electrons. The number of nitrogens with two attached hydrogens (primary N) is 1. The number of carbonyl (C=O) groups is 1. The van der Waals surface area contributed by atoms with Crippen LogP contribution in [0.1, 0.15) is 44.6 Å². The summed E-state index contributed by atoms with van der Waals surface area (Å²) in [6.07, 6.45) is 5.28. The minimum absolute atomic E-state index is 0. The normalized spacial score (nSPS) is 26.1. The second-order valence-corrected chi connectivity index (χ2v) is 7.86. The summed E-state index contributed by atoms with van der Waals surface area (Å²) in [6, 6.07) is 8.66. The second-order valence-electron chi connectivity index (χ2n) is 6.94. The third-order valence-electron chi connectivity index (χ3n) is 5.52. The monoisotopic (exact) mass is 400 g/mol. The average Bonchev–Trinajstić information content (AvgIpc) is 3.15. The third-order valence-corrected chi connectivity index (χ3v) is 6.05. The molecule has 0 aromatic heterocycles. The van der Waals surface area contributed by atoms with Crippen molar-refractivity contribution in [1.29, 1.82) is 0 Å². The fourth-order valence-corrected chi connectivity index (χ4v) is 4.51. The molecule has 1 aliphatic heterocycles. The van der Waals surface area contributed by atoms with Crippen LogP contribution < -0.4 is 5.73 Å². The SMILES string of the molecule is CC1CC(CN)CN1C(=O)C1(c2ccc(Br)cc2)CCCC1.Cl. The summed E-state index contributed by atoms with van der Waals surface area (Å²) in [5.74, 6) is 0.790. The molecule has 5 heteroatoms. The molecule has 1 aliphatic carbocycles. The third kappa shape index (κ3) is 3.45. The molecule has 1 aromatic carbocycles. The molecule has 23 heavy (non-hydrogen) atoms. The molecule has 128 valence electrons. The number of hydrogen-bond donors (Lipinski definition) is 1. The number of benzene rings is 1. The Labute approximate surface area is 153 Å². The highest BCUT2D eigenvalue weighted by Crippen LogP contribution is 2.44.